The topological polar surface area (TPSA) is 58.2 Å². The minimum absolute atomic E-state index is 0.377. The highest BCUT2D eigenvalue weighted by molar-refractivity contribution is 6.35. The van der Waals surface area contributed by atoms with Crippen molar-refractivity contribution in [3.8, 4) is 0 Å². The Kier molecular flexibility index (Phi) is 9.81. The van der Waals surface area contributed by atoms with E-state index < -0.39 is 11.8 Å². The highest BCUT2D eigenvalue weighted by atomic mass is 16.2. The van der Waals surface area contributed by atoms with Crippen molar-refractivity contribution in [3.63, 3.8) is 0 Å². The number of hydrogen-bond donors (Lipinski definition) is 2. The van der Waals surface area contributed by atoms with Gasteiger partial charge in [0.1, 0.15) is 0 Å². The van der Waals surface area contributed by atoms with Gasteiger partial charge in [0.25, 0.3) is 0 Å². The molecule has 0 saturated heterocycles. The van der Waals surface area contributed by atoms with Crippen molar-refractivity contribution < 1.29 is 9.59 Å². The SMILES string of the molecule is CCCCCCCCNC(=O)C(=O)NCc1ccc(C(C)C)cc1. The first-order chi connectivity index (χ1) is 11.5. The zero-order chi connectivity index (χ0) is 17.8. The van der Waals surface area contributed by atoms with Crippen LogP contribution in [0, 0.1) is 0 Å². The molecule has 0 unspecified atom stereocenters. The maximum absolute atomic E-state index is 11.8. The number of nitrogens with one attached hydrogen (secondary N) is 2. The van der Waals surface area contributed by atoms with E-state index in [4.69, 9.17) is 0 Å². The second-order valence-electron chi connectivity index (χ2n) is 6.60. The van der Waals surface area contributed by atoms with Crippen molar-refractivity contribution in [1.82, 2.24) is 10.6 Å². The molecule has 0 aromatic heterocycles. The van der Waals surface area contributed by atoms with Gasteiger partial charge in [0.2, 0.25) is 0 Å². The zero-order valence-electron chi connectivity index (χ0n) is 15.4. The molecule has 1 aromatic rings. The first-order valence-corrected chi connectivity index (χ1v) is 9.19. The standard InChI is InChI=1S/C20H32N2O2/c1-4-5-6-7-8-9-14-21-19(23)20(24)22-15-17-10-12-18(13-11-17)16(2)3/h10-13,16H,4-9,14-15H2,1-3H3,(H,21,23)(H,22,24). The Morgan fingerprint density at radius 1 is 0.875 bits per heavy atom. The molecule has 24 heavy (non-hydrogen) atoms. The third kappa shape index (κ3) is 8.14. The molecule has 0 radical (unpaired) electrons. The van der Waals surface area contributed by atoms with Crippen LogP contribution < -0.4 is 10.6 Å². The quantitative estimate of drug-likeness (QED) is 0.504. The van der Waals surface area contributed by atoms with Crippen molar-refractivity contribution in [3.05, 3.63) is 35.4 Å². The molecule has 134 valence electrons. The van der Waals surface area contributed by atoms with Gasteiger partial charge in [-0.1, -0.05) is 77.1 Å². The van der Waals surface area contributed by atoms with Gasteiger partial charge in [0, 0.05) is 13.1 Å². The van der Waals surface area contributed by atoms with Crippen LogP contribution in [0.15, 0.2) is 24.3 Å². The van der Waals surface area contributed by atoms with Crippen molar-refractivity contribution in [1.29, 1.82) is 0 Å². The smallest absolute Gasteiger partial charge is 0.309 e. The van der Waals surface area contributed by atoms with Crippen molar-refractivity contribution >= 4 is 11.8 Å². The van der Waals surface area contributed by atoms with Crippen LogP contribution in [-0.2, 0) is 16.1 Å². The number of benzene rings is 1. The van der Waals surface area contributed by atoms with Crippen LogP contribution in [0.1, 0.15) is 76.3 Å². The minimum atomic E-state index is -0.561. The molecule has 0 fully saturated rings. The number of hydrogen-bond acceptors (Lipinski definition) is 2. The van der Waals surface area contributed by atoms with Crippen molar-refractivity contribution in [2.75, 3.05) is 6.54 Å². The number of rotatable bonds is 10. The van der Waals surface area contributed by atoms with E-state index in [1.165, 1.54) is 31.2 Å². The summed E-state index contributed by atoms with van der Waals surface area (Å²) in [4.78, 5) is 23.5. The summed E-state index contributed by atoms with van der Waals surface area (Å²) in [5.74, 6) is -0.613. The number of carbonyl (C=O) groups is 2. The van der Waals surface area contributed by atoms with Gasteiger partial charge in [-0.15, -0.1) is 0 Å². The lowest BCUT2D eigenvalue weighted by atomic mass is 10.0. The second-order valence-corrected chi connectivity index (χ2v) is 6.60. The van der Waals surface area contributed by atoms with Crippen LogP contribution in [0.4, 0.5) is 0 Å². The zero-order valence-corrected chi connectivity index (χ0v) is 15.4. The molecule has 1 aromatic carbocycles. The van der Waals surface area contributed by atoms with Gasteiger partial charge < -0.3 is 10.6 Å². The van der Waals surface area contributed by atoms with Crippen molar-refractivity contribution in [2.24, 2.45) is 0 Å². The maximum atomic E-state index is 11.8. The normalized spacial score (nSPS) is 10.7. The highest BCUT2D eigenvalue weighted by Gasteiger charge is 2.12. The Balaban J connectivity index is 2.18. The van der Waals surface area contributed by atoms with E-state index in [0.717, 1.165) is 18.4 Å². The van der Waals surface area contributed by atoms with Gasteiger partial charge in [-0.3, -0.25) is 9.59 Å². The Morgan fingerprint density at radius 3 is 2.08 bits per heavy atom. The first-order valence-electron chi connectivity index (χ1n) is 9.19. The van der Waals surface area contributed by atoms with Crippen LogP contribution in [0.5, 0.6) is 0 Å². The molecule has 4 heteroatoms. The maximum Gasteiger partial charge on any atom is 0.309 e. The van der Waals surface area contributed by atoms with Gasteiger partial charge in [0.05, 0.1) is 0 Å². The molecular formula is C20H32N2O2. The largest absolute Gasteiger partial charge is 0.348 e. The van der Waals surface area contributed by atoms with Crippen LogP contribution in [0.25, 0.3) is 0 Å². The van der Waals surface area contributed by atoms with Crippen molar-refractivity contribution in [2.45, 2.75) is 71.8 Å². The predicted molar refractivity (Wildman–Crippen MR) is 98.8 cm³/mol. The van der Waals surface area contributed by atoms with Gasteiger partial charge in [-0.25, -0.2) is 0 Å². The molecule has 0 aliphatic heterocycles. The minimum Gasteiger partial charge on any atom is -0.348 e. The van der Waals surface area contributed by atoms with Crippen LogP contribution >= 0.6 is 0 Å². The fourth-order valence-corrected chi connectivity index (χ4v) is 2.47. The lowest BCUT2D eigenvalue weighted by molar-refractivity contribution is -0.139. The summed E-state index contributed by atoms with van der Waals surface area (Å²) in [6.07, 6.45) is 6.98. The summed E-state index contributed by atoms with van der Waals surface area (Å²) >= 11 is 0. The van der Waals surface area contributed by atoms with Gasteiger partial charge in [-0.2, -0.15) is 0 Å². The van der Waals surface area contributed by atoms with Crippen LogP contribution in [-0.4, -0.2) is 18.4 Å². The molecule has 0 bridgehead atoms. The molecule has 0 aliphatic carbocycles. The third-order valence-electron chi connectivity index (χ3n) is 4.12. The van der Waals surface area contributed by atoms with E-state index in [1.807, 2.05) is 12.1 Å². The van der Waals surface area contributed by atoms with E-state index in [1.54, 1.807) is 0 Å². The van der Waals surface area contributed by atoms with E-state index in [0.29, 0.717) is 19.0 Å². The molecular weight excluding hydrogens is 300 g/mol. The molecule has 0 spiro atoms. The number of carbonyl (C=O) groups excluding carboxylic acids is 2. The van der Waals surface area contributed by atoms with E-state index in [2.05, 4.69) is 43.5 Å². The van der Waals surface area contributed by atoms with Crippen LogP contribution in [0.3, 0.4) is 0 Å². The Hall–Kier alpha value is -1.84. The predicted octanol–water partition coefficient (Wildman–Crippen LogP) is 3.90. The van der Waals surface area contributed by atoms with E-state index >= 15 is 0 Å². The summed E-state index contributed by atoms with van der Waals surface area (Å²) in [5.41, 5.74) is 2.26. The lowest BCUT2D eigenvalue weighted by Gasteiger charge is -2.08. The van der Waals surface area contributed by atoms with E-state index in [-0.39, 0.29) is 0 Å². The summed E-state index contributed by atoms with van der Waals surface area (Å²) < 4.78 is 0. The summed E-state index contributed by atoms with van der Waals surface area (Å²) in [5, 5.41) is 5.35. The van der Waals surface area contributed by atoms with Gasteiger partial charge >= 0.3 is 11.8 Å². The van der Waals surface area contributed by atoms with Gasteiger partial charge in [0.15, 0.2) is 0 Å². The molecule has 2 N–H and O–H groups in total. The molecule has 0 heterocycles. The Morgan fingerprint density at radius 2 is 1.46 bits per heavy atom. The lowest BCUT2D eigenvalue weighted by Crippen LogP contribution is -2.39. The monoisotopic (exact) mass is 332 g/mol. The average Bonchev–Trinajstić information content (AvgIpc) is 2.59. The second kappa shape index (κ2) is 11.7. The number of amides is 2. The summed E-state index contributed by atoms with van der Waals surface area (Å²) in [7, 11) is 0. The Labute approximate surface area is 146 Å². The Bertz CT molecular complexity index is 495. The van der Waals surface area contributed by atoms with Gasteiger partial charge in [-0.05, 0) is 23.5 Å². The summed E-state index contributed by atoms with van der Waals surface area (Å²) in [6, 6.07) is 8.10. The molecule has 2 amide bonds. The fourth-order valence-electron chi connectivity index (χ4n) is 2.47. The molecule has 0 aliphatic rings. The molecule has 0 saturated carbocycles. The molecule has 0 atom stereocenters. The van der Waals surface area contributed by atoms with Crippen LogP contribution in [0.2, 0.25) is 0 Å². The number of unbranched alkanes of at least 4 members (excludes halogenated alkanes) is 5. The first kappa shape index (κ1) is 20.2. The molecule has 1 rings (SSSR count). The highest BCUT2D eigenvalue weighted by Crippen LogP contribution is 2.14. The fraction of sp³-hybridized carbons (Fsp3) is 0.600. The third-order valence-corrected chi connectivity index (χ3v) is 4.12. The summed E-state index contributed by atoms with van der Waals surface area (Å²) in [6.45, 7) is 7.43. The van der Waals surface area contributed by atoms with E-state index in [9.17, 15) is 9.59 Å². The molecule has 4 nitrogen and oxygen atoms in total. The average molecular weight is 332 g/mol.